The summed E-state index contributed by atoms with van der Waals surface area (Å²) in [5.41, 5.74) is 1.35. The normalized spacial score (nSPS) is 11.1. The lowest BCUT2D eigenvalue weighted by molar-refractivity contribution is 0.0697. The van der Waals surface area contributed by atoms with Crippen LogP contribution in [0.3, 0.4) is 0 Å². The number of hydrogen-bond acceptors (Lipinski definition) is 4. The molecule has 2 aromatic rings. The Hall–Kier alpha value is -2.04. The highest BCUT2D eigenvalue weighted by molar-refractivity contribution is 5.92. The minimum atomic E-state index is -0.970. The summed E-state index contributed by atoms with van der Waals surface area (Å²) in [4.78, 5) is 15.1. The number of anilines is 1. The van der Waals surface area contributed by atoms with E-state index in [1.54, 1.807) is 6.07 Å². The molecular weight excluding hydrogens is 232 g/mol. The Kier molecular flexibility index (Phi) is 3.50. The van der Waals surface area contributed by atoms with E-state index in [9.17, 15) is 4.79 Å². The number of nitrogens with one attached hydrogen (secondary N) is 1. The molecule has 18 heavy (non-hydrogen) atoms. The first-order chi connectivity index (χ1) is 8.56. The lowest BCUT2D eigenvalue weighted by Crippen LogP contribution is -2.04. The second-order valence-electron chi connectivity index (χ2n) is 4.62. The molecule has 0 aliphatic rings. The molecule has 0 fully saturated rings. The van der Waals surface area contributed by atoms with Crippen molar-refractivity contribution in [1.29, 1.82) is 0 Å². The Balaban J connectivity index is 2.14. The molecule has 5 nitrogen and oxygen atoms in total. The van der Waals surface area contributed by atoms with Gasteiger partial charge in [0.2, 0.25) is 0 Å². The van der Waals surface area contributed by atoms with Crippen molar-refractivity contribution in [2.45, 2.75) is 20.3 Å². The number of carboxylic acid groups (broad SMARTS) is 1. The highest BCUT2D eigenvalue weighted by Gasteiger charge is 2.09. The van der Waals surface area contributed by atoms with Gasteiger partial charge in [-0.15, -0.1) is 0 Å². The van der Waals surface area contributed by atoms with Gasteiger partial charge in [-0.3, -0.25) is 0 Å². The first kappa shape index (κ1) is 12.4. The van der Waals surface area contributed by atoms with Gasteiger partial charge in [-0.25, -0.2) is 4.79 Å². The molecule has 0 saturated heterocycles. The molecule has 96 valence electrons. The Morgan fingerprint density at radius 3 is 2.94 bits per heavy atom. The van der Waals surface area contributed by atoms with E-state index in [2.05, 4.69) is 24.1 Å². The zero-order valence-corrected chi connectivity index (χ0v) is 10.4. The highest BCUT2D eigenvalue weighted by atomic mass is 16.4. The van der Waals surface area contributed by atoms with Gasteiger partial charge in [-0.1, -0.05) is 13.8 Å². The van der Waals surface area contributed by atoms with E-state index in [0.29, 0.717) is 23.0 Å². The van der Waals surface area contributed by atoms with Gasteiger partial charge in [0.25, 0.3) is 6.01 Å². The zero-order valence-electron chi connectivity index (χ0n) is 10.4. The molecule has 0 aliphatic carbocycles. The second kappa shape index (κ2) is 5.08. The van der Waals surface area contributed by atoms with Gasteiger partial charge < -0.3 is 14.8 Å². The van der Waals surface area contributed by atoms with Crippen LogP contribution in [0.15, 0.2) is 22.6 Å². The van der Waals surface area contributed by atoms with Crippen LogP contribution in [-0.2, 0) is 0 Å². The molecule has 0 aliphatic heterocycles. The Labute approximate surface area is 105 Å². The number of aromatic carboxylic acids is 1. The van der Waals surface area contributed by atoms with Crippen LogP contribution in [0.1, 0.15) is 30.6 Å². The summed E-state index contributed by atoms with van der Waals surface area (Å²) in [7, 11) is 0. The van der Waals surface area contributed by atoms with E-state index in [1.807, 2.05) is 0 Å². The third kappa shape index (κ3) is 2.80. The standard InChI is InChI=1S/C13H16N2O3/c1-8(2)5-6-14-13-15-10-4-3-9(12(16)17)7-11(10)18-13/h3-4,7-8H,5-6H2,1-2H3,(H,14,15)(H,16,17). The summed E-state index contributed by atoms with van der Waals surface area (Å²) in [5.74, 6) is -0.358. The lowest BCUT2D eigenvalue weighted by atomic mass is 10.1. The first-order valence-corrected chi connectivity index (χ1v) is 5.94. The largest absolute Gasteiger partial charge is 0.478 e. The number of fused-ring (bicyclic) bond motifs is 1. The van der Waals surface area contributed by atoms with Gasteiger partial charge in [0.05, 0.1) is 5.56 Å². The van der Waals surface area contributed by atoms with E-state index in [-0.39, 0.29) is 5.56 Å². The summed E-state index contributed by atoms with van der Waals surface area (Å²) >= 11 is 0. The summed E-state index contributed by atoms with van der Waals surface area (Å²) in [5, 5.41) is 12.0. The van der Waals surface area contributed by atoms with Gasteiger partial charge >= 0.3 is 5.97 Å². The van der Waals surface area contributed by atoms with Crippen molar-refractivity contribution in [2.24, 2.45) is 5.92 Å². The van der Waals surface area contributed by atoms with Crippen LogP contribution in [-0.4, -0.2) is 22.6 Å². The van der Waals surface area contributed by atoms with Crippen LogP contribution in [0.5, 0.6) is 0 Å². The minimum absolute atomic E-state index is 0.201. The van der Waals surface area contributed by atoms with Crippen LogP contribution in [0.25, 0.3) is 11.1 Å². The fraction of sp³-hybridized carbons (Fsp3) is 0.385. The highest BCUT2D eigenvalue weighted by Crippen LogP contribution is 2.20. The summed E-state index contributed by atoms with van der Waals surface area (Å²) < 4.78 is 5.46. The number of hydrogen-bond donors (Lipinski definition) is 2. The molecule has 0 bridgehead atoms. The van der Waals surface area contributed by atoms with Crippen molar-refractivity contribution in [3.63, 3.8) is 0 Å². The number of carboxylic acids is 1. The zero-order chi connectivity index (χ0) is 13.1. The third-order valence-corrected chi connectivity index (χ3v) is 2.63. The molecule has 1 aromatic carbocycles. The number of oxazole rings is 1. The van der Waals surface area contributed by atoms with Crippen molar-refractivity contribution in [3.05, 3.63) is 23.8 Å². The molecule has 1 aromatic heterocycles. The minimum Gasteiger partial charge on any atom is -0.478 e. The molecule has 1 heterocycles. The SMILES string of the molecule is CC(C)CCNc1nc2ccc(C(=O)O)cc2o1. The molecule has 0 amide bonds. The number of benzene rings is 1. The fourth-order valence-electron chi connectivity index (χ4n) is 1.60. The van der Waals surface area contributed by atoms with Gasteiger partial charge in [-0.2, -0.15) is 4.98 Å². The van der Waals surface area contributed by atoms with Crippen molar-refractivity contribution < 1.29 is 14.3 Å². The average molecular weight is 248 g/mol. The maximum absolute atomic E-state index is 10.8. The smallest absolute Gasteiger partial charge is 0.335 e. The summed E-state index contributed by atoms with van der Waals surface area (Å²) in [6, 6.07) is 5.09. The fourth-order valence-corrected chi connectivity index (χ4v) is 1.60. The number of rotatable bonds is 5. The van der Waals surface area contributed by atoms with Crippen molar-refractivity contribution >= 4 is 23.1 Å². The monoisotopic (exact) mass is 248 g/mol. The van der Waals surface area contributed by atoms with Crippen molar-refractivity contribution in [2.75, 3.05) is 11.9 Å². The molecule has 0 atom stereocenters. The molecule has 0 spiro atoms. The third-order valence-electron chi connectivity index (χ3n) is 2.63. The molecule has 5 heteroatoms. The van der Waals surface area contributed by atoms with Crippen molar-refractivity contribution in [3.8, 4) is 0 Å². The van der Waals surface area contributed by atoms with Crippen molar-refractivity contribution in [1.82, 2.24) is 4.98 Å². The van der Waals surface area contributed by atoms with E-state index in [0.717, 1.165) is 13.0 Å². The van der Waals surface area contributed by atoms with Crippen LogP contribution in [0.2, 0.25) is 0 Å². The molecular formula is C13H16N2O3. The van der Waals surface area contributed by atoms with Crippen LogP contribution in [0.4, 0.5) is 6.01 Å². The van der Waals surface area contributed by atoms with Crippen LogP contribution >= 0.6 is 0 Å². The van der Waals surface area contributed by atoms with E-state index in [4.69, 9.17) is 9.52 Å². The molecule has 2 rings (SSSR count). The summed E-state index contributed by atoms with van der Waals surface area (Å²) in [6.45, 7) is 5.08. The van der Waals surface area contributed by atoms with Gasteiger partial charge in [0, 0.05) is 6.54 Å². The maximum Gasteiger partial charge on any atom is 0.335 e. The quantitative estimate of drug-likeness (QED) is 0.850. The Bertz CT molecular complexity index is 560. The second-order valence-corrected chi connectivity index (χ2v) is 4.62. The van der Waals surface area contributed by atoms with Gasteiger partial charge in [-0.05, 0) is 30.5 Å². The Morgan fingerprint density at radius 2 is 2.28 bits per heavy atom. The molecule has 0 radical (unpaired) electrons. The molecule has 2 N–H and O–H groups in total. The number of aromatic nitrogens is 1. The maximum atomic E-state index is 10.8. The Morgan fingerprint density at radius 1 is 1.50 bits per heavy atom. The summed E-state index contributed by atoms with van der Waals surface area (Å²) in [6.07, 6.45) is 1.03. The lowest BCUT2D eigenvalue weighted by Gasteiger charge is -2.03. The van der Waals surface area contributed by atoms with Crippen LogP contribution < -0.4 is 5.32 Å². The average Bonchev–Trinajstić information content (AvgIpc) is 2.69. The van der Waals surface area contributed by atoms with E-state index >= 15 is 0 Å². The first-order valence-electron chi connectivity index (χ1n) is 5.94. The molecule has 0 saturated carbocycles. The van der Waals surface area contributed by atoms with Crippen LogP contribution in [0, 0.1) is 5.92 Å². The van der Waals surface area contributed by atoms with E-state index < -0.39 is 5.97 Å². The predicted molar refractivity (Wildman–Crippen MR) is 68.9 cm³/mol. The number of nitrogens with zero attached hydrogens (tertiary/aromatic N) is 1. The van der Waals surface area contributed by atoms with Gasteiger partial charge in [0.1, 0.15) is 5.52 Å². The molecule has 0 unspecified atom stereocenters. The topological polar surface area (TPSA) is 75.4 Å². The van der Waals surface area contributed by atoms with E-state index in [1.165, 1.54) is 12.1 Å². The number of carbonyl (C=O) groups is 1. The van der Waals surface area contributed by atoms with Gasteiger partial charge in [0.15, 0.2) is 5.58 Å². The predicted octanol–water partition coefficient (Wildman–Crippen LogP) is 2.98.